The van der Waals surface area contributed by atoms with Gasteiger partial charge in [0, 0.05) is 12.3 Å². The Morgan fingerprint density at radius 3 is 2.68 bits per heavy atom. The van der Waals surface area contributed by atoms with Gasteiger partial charge in [-0.2, -0.15) is 0 Å². The molecule has 4 N–H and O–H groups in total. The third-order valence-electron chi connectivity index (χ3n) is 3.17. The van der Waals surface area contributed by atoms with E-state index in [1.54, 1.807) is 0 Å². The van der Waals surface area contributed by atoms with E-state index in [2.05, 4.69) is 6.58 Å². The average Bonchev–Trinajstić information content (AvgIpc) is 2.64. The highest BCUT2D eigenvalue weighted by molar-refractivity contribution is 5.10. The minimum absolute atomic E-state index is 0.591. The van der Waals surface area contributed by atoms with Gasteiger partial charge >= 0.3 is 5.69 Å². The van der Waals surface area contributed by atoms with Crippen molar-refractivity contribution in [3.63, 3.8) is 0 Å². The second kappa shape index (κ2) is 4.74. The second-order valence-electron chi connectivity index (χ2n) is 4.28. The molecule has 0 amide bonds. The number of H-pyrrole nitrogens is 1. The molecular weight excluding hydrogens is 256 g/mol. The summed E-state index contributed by atoms with van der Waals surface area (Å²) in [6.07, 6.45) is -1.83. The maximum atomic E-state index is 11.6. The van der Waals surface area contributed by atoms with Crippen molar-refractivity contribution in [2.45, 2.75) is 24.0 Å². The Kier molecular flexibility index (Phi) is 3.42. The molecule has 0 radical (unpaired) electrons. The molecule has 1 saturated heterocycles. The van der Waals surface area contributed by atoms with Gasteiger partial charge in [0.05, 0.1) is 6.61 Å². The number of aromatic nitrogens is 2. The van der Waals surface area contributed by atoms with Crippen LogP contribution in [0.15, 0.2) is 34.5 Å². The fraction of sp³-hybridized carbons (Fsp3) is 0.455. The van der Waals surface area contributed by atoms with E-state index in [4.69, 9.17) is 4.74 Å². The number of nitrogens with zero attached hydrogens (tertiary/aromatic N) is 1. The van der Waals surface area contributed by atoms with Crippen molar-refractivity contribution >= 4 is 0 Å². The van der Waals surface area contributed by atoms with Crippen molar-refractivity contribution < 1.29 is 20.1 Å². The molecule has 1 fully saturated rings. The smallest absolute Gasteiger partial charge is 0.330 e. The highest BCUT2D eigenvalue weighted by Crippen LogP contribution is 2.36. The average molecular weight is 270 g/mol. The summed E-state index contributed by atoms with van der Waals surface area (Å²) < 4.78 is 6.28. The van der Waals surface area contributed by atoms with E-state index < -0.39 is 41.9 Å². The first-order valence-electron chi connectivity index (χ1n) is 5.55. The van der Waals surface area contributed by atoms with Crippen LogP contribution in [0.1, 0.15) is 6.23 Å². The number of aromatic amines is 1. The zero-order chi connectivity index (χ0) is 14.2. The highest BCUT2D eigenvalue weighted by atomic mass is 16.6. The maximum absolute atomic E-state index is 11.6. The third-order valence-corrected chi connectivity index (χ3v) is 3.17. The number of hydrogen-bond acceptors (Lipinski definition) is 6. The first-order chi connectivity index (χ1) is 8.95. The van der Waals surface area contributed by atoms with Crippen LogP contribution in [0.25, 0.3) is 0 Å². The highest BCUT2D eigenvalue weighted by Gasteiger charge is 2.53. The molecule has 104 valence electrons. The minimum Gasteiger partial charge on any atom is -0.393 e. The van der Waals surface area contributed by atoms with Crippen LogP contribution in [0.2, 0.25) is 0 Å². The number of aliphatic hydroxyl groups is 3. The topological polar surface area (TPSA) is 125 Å². The number of rotatable bonds is 3. The summed E-state index contributed by atoms with van der Waals surface area (Å²) >= 11 is 0. The molecular formula is C11H14N2O6. The molecule has 8 heteroatoms. The van der Waals surface area contributed by atoms with E-state index in [0.29, 0.717) is 0 Å². The van der Waals surface area contributed by atoms with Crippen LogP contribution in [0.3, 0.4) is 0 Å². The van der Waals surface area contributed by atoms with Crippen molar-refractivity contribution in [2.24, 2.45) is 0 Å². The molecule has 0 aromatic carbocycles. The largest absolute Gasteiger partial charge is 0.393 e. The number of ether oxygens (including phenoxy) is 1. The van der Waals surface area contributed by atoms with Crippen molar-refractivity contribution in [1.82, 2.24) is 9.55 Å². The van der Waals surface area contributed by atoms with Gasteiger partial charge in [-0.05, 0) is 0 Å². The fourth-order valence-corrected chi connectivity index (χ4v) is 2.02. The second-order valence-corrected chi connectivity index (χ2v) is 4.28. The summed E-state index contributed by atoms with van der Waals surface area (Å²) in [7, 11) is 0. The summed E-state index contributed by atoms with van der Waals surface area (Å²) in [6, 6.07) is 1.08. The monoisotopic (exact) mass is 270 g/mol. The van der Waals surface area contributed by atoms with E-state index in [1.165, 1.54) is 0 Å². The molecule has 0 saturated carbocycles. The van der Waals surface area contributed by atoms with E-state index >= 15 is 0 Å². The maximum Gasteiger partial charge on any atom is 0.330 e. The Balaban J connectivity index is 2.45. The molecule has 0 unspecified atom stereocenters. The predicted molar refractivity (Wildman–Crippen MR) is 63.5 cm³/mol. The molecule has 0 bridgehead atoms. The zero-order valence-corrected chi connectivity index (χ0v) is 9.89. The van der Waals surface area contributed by atoms with Gasteiger partial charge in [-0.15, -0.1) is 6.58 Å². The standard InChI is InChI=1S/C11H14N2O6/c1-2-11(5-14)8(17)7(16)9(19-11)13-4-3-6(15)12-10(13)18/h2-4,7-9,14,16-17H,1,5H2,(H,12,15,18)/t7-,8+,9-,11-/m1/s1. The molecule has 1 aromatic heterocycles. The van der Waals surface area contributed by atoms with Crippen LogP contribution < -0.4 is 11.2 Å². The van der Waals surface area contributed by atoms with Crippen molar-refractivity contribution in [3.05, 3.63) is 45.8 Å². The van der Waals surface area contributed by atoms with Crippen LogP contribution in [-0.4, -0.2) is 49.3 Å². The number of nitrogens with one attached hydrogen (secondary N) is 1. The lowest BCUT2D eigenvalue weighted by Crippen LogP contribution is -2.44. The van der Waals surface area contributed by atoms with E-state index in [0.717, 1.165) is 22.9 Å². The zero-order valence-electron chi connectivity index (χ0n) is 9.89. The van der Waals surface area contributed by atoms with Crippen LogP contribution in [-0.2, 0) is 4.74 Å². The Morgan fingerprint density at radius 1 is 1.53 bits per heavy atom. The molecule has 19 heavy (non-hydrogen) atoms. The van der Waals surface area contributed by atoms with Crippen molar-refractivity contribution in [1.29, 1.82) is 0 Å². The van der Waals surface area contributed by atoms with Crippen molar-refractivity contribution in [2.75, 3.05) is 6.61 Å². The molecule has 1 aliphatic rings. The van der Waals surface area contributed by atoms with Crippen LogP contribution in [0.4, 0.5) is 0 Å². The SMILES string of the molecule is C=C[C@]1(CO)O[C@@H](n2ccc(=O)[nH]c2=O)[C@H](O)[C@@H]1O. The quantitative estimate of drug-likeness (QED) is 0.458. The summed E-state index contributed by atoms with van der Waals surface area (Å²) in [6.45, 7) is 2.83. The lowest BCUT2D eigenvalue weighted by molar-refractivity contribution is -0.0993. The predicted octanol–water partition coefficient (Wildman–Crippen LogP) is -2.30. The molecule has 8 nitrogen and oxygen atoms in total. The van der Waals surface area contributed by atoms with Crippen molar-refractivity contribution in [3.8, 4) is 0 Å². The molecule has 4 atom stereocenters. The molecule has 0 spiro atoms. The summed E-state index contributed by atoms with van der Waals surface area (Å²) in [5.74, 6) is 0. The number of aliphatic hydroxyl groups excluding tert-OH is 3. The van der Waals surface area contributed by atoms with Gasteiger partial charge in [0.15, 0.2) is 6.23 Å². The first kappa shape index (κ1) is 13.7. The summed E-state index contributed by atoms with van der Waals surface area (Å²) in [5, 5.41) is 29.1. The Bertz CT molecular complexity index is 593. The Labute approximate surface area is 107 Å². The van der Waals surface area contributed by atoms with Gasteiger partial charge in [-0.25, -0.2) is 4.79 Å². The molecule has 2 heterocycles. The fourth-order valence-electron chi connectivity index (χ4n) is 2.02. The van der Waals surface area contributed by atoms with E-state index in [-0.39, 0.29) is 0 Å². The number of hydrogen-bond donors (Lipinski definition) is 4. The summed E-state index contributed by atoms with van der Waals surface area (Å²) in [5.41, 5.74) is -2.94. The molecule has 1 aromatic rings. The Hall–Kier alpha value is -1.74. The van der Waals surface area contributed by atoms with E-state index in [9.17, 15) is 24.9 Å². The van der Waals surface area contributed by atoms with Gasteiger partial charge in [0.1, 0.15) is 17.8 Å². The van der Waals surface area contributed by atoms with Gasteiger partial charge < -0.3 is 20.1 Å². The third kappa shape index (κ3) is 2.04. The lowest BCUT2D eigenvalue weighted by atomic mass is 9.96. The molecule has 0 aliphatic carbocycles. The van der Waals surface area contributed by atoms with Crippen LogP contribution in [0, 0.1) is 0 Å². The first-order valence-corrected chi connectivity index (χ1v) is 5.55. The molecule has 2 rings (SSSR count). The van der Waals surface area contributed by atoms with Gasteiger partial charge in [-0.1, -0.05) is 6.08 Å². The van der Waals surface area contributed by atoms with Crippen LogP contribution in [0.5, 0.6) is 0 Å². The van der Waals surface area contributed by atoms with Gasteiger partial charge in [0.25, 0.3) is 5.56 Å². The summed E-state index contributed by atoms with van der Waals surface area (Å²) in [4.78, 5) is 24.6. The van der Waals surface area contributed by atoms with Gasteiger partial charge in [0.2, 0.25) is 0 Å². The van der Waals surface area contributed by atoms with E-state index in [1.807, 2.05) is 4.98 Å². The lowest BCUT2D eigenvalue weighted by Gasteiger charge is -2.25. The van der Waals surface area contributed by atoms with Crippen LogP contribution >= 0.6 is 0 Å². The van der Waals surface area contributed by atoms with Gasteiger partial charge in [-0.3, -0.25) is 14.3 Å². The molecule has 1 aliphatic heterocycles. The minimum atomic E-state index is -1.56. The normalized spacial score (nSPS) is 34.4. The Morgan fingerprint density at radius 2 is 2.21 bits per heavy atom.